The van der Waals surface area contributed by atoms with Crippen molar-refractivity contribution in [2.45, 2.75) is 0 Å². The quantitative estimate of drug-likeness (QED) is 0.299. The van der Waals surface area contributed by atoms with Gasteiger partial charge in [0, 0.05) is 14.5 Å². The Kier molecular flexibility index (Phi) is 4.07. The van der Waals surface area contributed by atoms with Gasteiger partial charge in [0.05, 0.1) is 0 Å². The minimum Gasteiger partial charge on any atom is -0.0372 e. The Morgan fingerprint density at radius 1 is 2.00 bits per heavy atom. The van der Waals surface area contributed by atoms with E-state index in [1.807, 2.05) is 6.76 Å². The summed E-state index contributed by atoms with van der Waals surface area (Å²) in [5, 5.41) is 0. The molecule has 0 aromatic rings. The first-order valence-corrected chi connectivity index (χ1v) is 7.92. The molecule has 0 aliphatic rings. The zero-order valence-electron chi connectivity index (χ0n) is 2.86. The van der Waals surface area contributed by atoms with Crippen LogP contribution in [0, 0.1) is 0 Å². The van der Waals surface area contributed by atoms with Gasteiger partial charge in [-0.1, -0.05) is 0 Å². The Labute approximate surface area is 34.0 Å². The molecular formula is H5B2Si2. The van der Waals surface area contributed by atoms with Crippen LogP contribution in [0.25, 0.3) is 0 Å². The van der Waals surface area contributed by atoms with E-state index in [4.69, 9.17) is 7.74 Å². The van der Waals surface area contributed by atoms with E-state index in [-0.39, 0.29) is 8.91 Å². The van der Waals surface area contributed by atoms with Crippen LogP contribution in [0.5, 0.6) is 0 Å². The van der Waals surface area contributed by atoms with Crippen LogP contribution in [0.2, 0.25) is 0 Å². The van der Waals surface area contributed by atoms with Gasteiger partial charge in [0.2, 0.25) is 0 Å². The van der Waals surface area contributed by atoms with Gasteiger partial charge in [-0.15, -0.1) is 0 Å². The van der Waals surface area contributed by atoms with Gasteiger partial charge in [-0.25, -0.2) is 0 Å². The molecule has 19 valence electrons. The summed E-state index contributed by atoms with van der Waals surface area (Å²) in [5.74, 6) is 0. The predicted octanol–water partition coefficient (Wildman–Crippen LogP) is -2.86. The summed E-state index contributed by atoms with van der Waals surface area (Å²) in [7, 11) is 6.56. The van der Waals surface area contributed by atoms with Crippen LogP contribution < -0.4 is 0 Å². The maximum Gasteiger partial charge on any atom is 0.0374 e. The van der Waals surface area contributed by atoms with Crippen LogP contribution in [0.4, 0.5) is 0 Å². The molecule has 0 aromatic carbocycles. The third-order valence-electron chi connectivity index (χ3n) is 0.236. The summed E-state index contributed by atoms with van der Waals surface area (Å²) in [6.45, 7) is 1.83. The zero-order valence-corrected chi connectivity index (χ0v) is 6.28. The van der Waals surface area contributed by atoms with Crippen molar-refractivity contribution in [2.75, 3.05) is 0 Å². The molecule has 0 N–H and O–H groups in total. The van der Waals surface area contributed by atoms with Gasteiger partial charge in [-0.3, -0.25) is 0 Å². The Balaban J connectivity index is 1.97. The van der Waals surface area contributed by atoms with Gasteiger partial charge in [0.15, 0.2) is 0 Å². The Hall–Kier alpha value is 0.564. The van der Waals surface area contributed by atoms with Crippen molar-refractivity contribution in [1.82, 2.24) is 0 Å². The summed E-state index contributed by atoms with van der Waals surface area (Å²) >= 11 is 0. The fourth-order valence-corrected chi connectivity index (χ4v) is 0. The average Bonchev–Trinajstić information content (AvgIpc) is 1.37. The molecule has 0 atom stereocenters. The summed E-state index contributed by atoms with van der Waals surface area (Å²) in [6, 6.07) is 0. The molecule has 0 bridgehead atoms. The summed E-state index contributed by atoms with van der Waals surface area (Å²) in [4.78, 5) is 0. The second-order valence-electron chi connectivity index (χ2n) is 0.644. The highest BCUT2D eigenvalue weighted by Crippen LogP contribution is 1.24. The van der Waals surface area contributed by atoms with E-state index in [2.05, 4.69) is 0 Å². The first-order chi connectivity index (χ1) is 1.91. The summed E-state index contributed by atoms with van der Waals surface area (Å²) in [5.41, 5.74) is 0. The summed E-state index contributed by atoms with van der Waals surface area (Å²) < 4.78 is 0. The monoisotopic (exact) mass is 83.0 g/mol. The van der Waals surface area contributed by atoms with Crippen molar-refractivity contribution >= 4 is 33.2 Å². The van der Waals surface area contributed by atoms with E-state index >= 15 is 0 Å². The standard InChI is InChI=1S/B2H5Si2/c1-2-4-3/h4H2,3H3. The topological polar surface area (TPSA) is 0 Å². The molecule has 0 fully saturated rings. The average molecular weight is 82.8 g/mol. The van der Waals surface area contributed by atoms with E-state index in [0.29, 0.717) is 0 Å². The first-order valence-electron chi connectivity index (χ1n) is 1.45. The molecule has 4 heteroatoms. The van der Waals surface area contributed by atoms with Crippen molar-refractivity contribution in [3.8, 4) is 0 Å². The van der Waals surface area contributed by atoms with Crippen molar-refractivity contribution < 1.29 is 0 Å². The van der Waals surface area contributed by atoms with Gasteiger partial charge in [0.25, 0.3) is 0 Å². The highest BCUT2D eigenvalue weighted by atomic mass is 29.1. The highest BCUT2D eigenvalue weighted by Gasteiger charge is 1.62. The van der Waals surface area contributed by atoms with Crippen LogP contribution in [-0.2, 0) is 0 Å². The number of hydrogen-bond donors (Lipinski definition) is 0. The molecule has 0 aliphatic carbocycles. The summed E-state index contributed by atoms with van der Waals surface area (Å²) in [6.07, 6.45) is 0. The zero-order chi connectivity index (χ0) is 3.41. The molecule has 0 rings (SSSR count). The lowest BCUT2D eigenvalue weighted by Gasteiger charge is -1.62. The third kappa shape index (κ3) is 2.56. The maximum absolute atomic E-state index is 5.00. The first kappa shape index (κ1) is 4.56. The van der Waals surface area contributed by atoms with Crippen molar-refractivity contribution in [3.05, 3.63) is 0 Å². The van der Waals surface area contributed by atoms with Gasteiger partial charge >= 0.3 is 0 Å². The van der Waals surface area contributed by atoms with Crippen molar-refractivity contribution in [1.29, 1.82) is 0 Å². The van der Waals surface area contributed by atoms with Crippen LogP contribution in [0.3, 0.4) is 0 Å². The lowest BCUT2D eigenvalue weighted by molar-refractivity contribution is 4.14. The lowest BCUT2D eigenvalue weighted by atomic mass is 9.78. The van der Waals surface area contributed by atoms with Crippen LogP contribution in [0.15, 0.2) is 0 Å². The SMILES string of the molecule is [B][B][SiH2][SiH3]. The smallest absolute Gasteiger partial charge is 0.0372 e. The maximum atomic E-state index is 5.00. The minimum atomic E-state index is 0.216. The Morgan fingerprint density at radius 3 is 2.25 bits per heavy atom. The van der Waals surface area contributed by atoms with E-state index in [1.165, 1.54) is 9.76 Å². The van der Waals surface area contributed by atoms with Gasteiger partial charge in [-0.2, -0.15) is 0 Å². The Morgan fingerprint density at radius 2 is 2.25 bits per heavy atom. The molecule has 0 amide bonds. The van der Waals surface area contributed by atoms with Gasteiger partial charge in [0.1, 0.15) is 0 Å². The van der Waals surface area contributed by atoms with Crippen LogP contribution in [0.1, 0.15) is 0 Å². The molecule has 0 spiro atoms. The van der Waals surface area contributed by atoms with Crippen LogP contribution in [-0.4, -0.2) is 33.2 Å². The van der Waals surface area contributed by atoms with E-state index in [1.54, 1.807) is 0 Å². The fourth-order valence-electron chi connectivity index (χ4n) is 0. The van der Waals surface area contributed by atoms with Crippen molar-refractivity contribution in [3.63, 3.8) is 0 Å². The molecule has 0 aromatic heterocycles. The van der Waals surface area contributed by atoms with Gasteiger partial charge < -0.3 is 0 Å². The normalized spacial score (nSPS) is 10.0. The molecule has 0 saturated heterocycles. The van der Waals surface area contributed by atoms with E-state index in [9.17, 15) is 0 Å². The van der Waals surface area contributed by atoms with E-state index in [0.717, 1.165) is 0 Å². The predicted molar refractivity (Wildman–Crippen MR) is 30.0 cm³/mol. The lowest BCUT2D eigenvalue weighted by Crippen LogP contribution is -2.00. The van der Waals surface area contributed by atoms with Crippen molar-refractivity contribution in [2.24, 2.45) is 0 Å². The molecule has 0 nitrogen and oxygen atoms in total. The number of rotatable bonds is 1. The molecular weight excluding hydrogens is 77.8 g/mol. The fraction of sp³-hybridized carbons (Fsp3) is 0. The molecule has 0 unspecified atom stereocenters. The molecule has 4 heavy (non-hydrogen) atoms. The molecule has 3 radical (unpaired) electrons. The second-order valence-corrected chi connectivity index (χ2v) is 4.38. The molecule has 0 heterocycles. The third-order valence-corrected chi connectivity index (χ3v) is 2.12. The van der Waals surface area contributed by atoms with Crippen LogP contribution >= 0.6 is 0 Å². The second kappa shape index (κ2) is 3.56. The van der Waals surface area contributed by atoms with E-state index < -0.39 is 0 Å². The Bertz CT molecular complexity index is 6.00. The minimum absolute atomic E-state index is 0.216. The largest absolute Gasteiger partial charge is 0.0374 e. The number of hydrogen-bond acceptors (Lipinski definition) is 0. The molecule has 0 aliphatic heterocycles. The molecule has 0 saturated carbocycles. The van der Waals surface area contributed by atoms with Gasteiger partial charge in [-0.05, 0) is 18.7 Å². The highest BCUT2D eigenvalue weighted by molar-refractivity contribution is 7.37.